The Hall–Kier alpha value is -1.77. The summed E-state index contributed by atoms with van der Waals surface area (Å²) in [7, 11) is 0. The van der Waals surface area contributed by atoms with E-state index in [2.05, 4.69) is 13.8 Å². The molecule has 0 unspecified atom stereocenters. The molecular formula is C15H20O3. The Labute approximate surface area is 108 Å². The lowest BCUT2D eigenvalue weighted by molar-refractivity contribution is -0.131. The smallest absolute Gasteiger partial charge is 0.328 e. The molecule has 18 heavy (non-hydrogen) atoms. The number of hydrogen-bond acceptors (Lipinski definition) is 2. The van der Waals surface area contributed by atoms with Crippen LogP contribution in [0.25, 0.3) is 5.57 Å². The van der Waals surface area contributed by atoms with Crippen molar-refractivity contribution < 1.29 is 14.6 Å². The summed E-state index contributed by atoms with van der Waals surface area (Å²) < 4.78 is 5.58. The summed E-state index contributed by atoms with van der Waals surface area (Å²) >= 11 is 0. The van der Waals surface area contributed by atoms with Crippen LogP contribution in [0.3, 0.4) is 0 Å². The fraction of sp³-hybridized carbons (Fsp3) is 0.400. The molecule has 0 radical (unpaired) electrons. The number of carboxylic acids is 1. The van der Waals surface area contributed by atoms with Crippen molar-refractivity contribution in [3.05, 3.63) is 35.4 Å². The number of aryl methyl sites for hydroxylation is 1. The molecule has 0 aliphatic rings. The molecule has 1 N–H and O–H groups in total. The van der Waals surface area contributed by atoms with Crippen molar-refractivity contribution in [1.29, 1.82) is 0 Å². The van der Waals surface area contributed by atoms with E-state index < -0.39 is 5.97 Å². The van der Waals surface area contributed by atoms with Gasteiger partial charge in [0.1, 0.15) is 5.75 Å². The minimum atomic E-state index is -0.916. The van der Waals surface area contributed by atoms with Crippen LogP contribution >= 0.6 is 0 Å². The van der Waals surface area contributed by atoms with Crippen molar-refractivity contribution >= 4 is 11.5 Å². The van der Waals surface area contributed by atoms with Crippen molar-refractivity contribution in [3.63, 3.8) is 0 Å². The second-order valence-electron chi connectivity index (χ2n) is 4.19. The average molecular weight is 248 g/mol. The molecule has 0 atom stereocenters. The van der Waals surface area contributed by atoms with Gasteiger partial charge in [0.15, 0.2) is 0 Å². The van der Waals surface area contributed by atoms with Crippen LogP contribution in [0.1, 0.15) is 38.3 Å². The van der Waals surface area contributed by atoms with E-state index in [0.717, 1.165) is 35.3 Å². The topological polar surface area (TPSA) is 46.5 Å². The molecule has 0 aromatic heterocycles. The zero-order valence-corrected chi connectivity index (χ0v) is 11.2. The van der Waals surface area contributed by atoms with E-state index in [0.29, 0.717) is 6.61 Å². The van der Waals surface area contributed by atoms with Crippen LogP contribution in [-0.2, 0) is 11.2 Å². The molecule has 0 amide bonds. The Morgan fingerprint density at radius 2 is 2.11 bits per heavy atom. The lowest BCUT2D eigenvalue weighted by atomic mass is 9.98. The van der Waals surface area contributed by atoms with E-state index in [4.69, 9.17) is 9.84 Å². The summed E-state index contributed by atoms with van der Waals surface area (Å²) in [5.74, 6) is -0.0681. The van der Waals surface area contributed by atoms with Gasteiger partial charge in [0.2, 0.25) is 0 Å². The second-order valence-corrected chi connectivity index (χ2v) is 4.19. The Balaban J connectivity index is 3.03. The molecule has 0 saturated carbocycles. The normalized spacial score (nSPS) is 11.4. The number of rotatable bonds is 6. The van der Waals surface area contributed by atoms with Crippen LogP contribution < -0.4 is 4.74 Å². The summed E-state index contributed by atoms with van der Waals surface area (Å²) in [5, 5.41) is 8.78. The summed E-state index contributed by atoms with van der Waals surface area (Å²) in [6.45, 7) is 6.63. The third-order valence-corrected chi connectivity index (χ3v) is 2.70. The van der Waals surface area contributed by atoms with Crippen molar-refractivity contribution in [2.24, 2.45) is 0 Å². The van der Waals surface area contributed by atoms with Crippen LogP contribution in [0, 0.1) is 0 Å². The van der Waals surface area contributed by atoms with Crippen molar-refractivity contribution in [2.75, 3.05) is 6.61 Å². The minimum absolute atomic E-state index is 0.701. The van der Waals surface area contributed by atoms with E-state index >= 15 is 0 Å². The highest BCUT2D eigenvalue weighted by atomic mass is 16.5. The quantitative estimate of drug-likeness (QED) is 0.783. The zero-order valence-electron chi connectivity index (χ0n) is 11.2. The van der Waals surface area contributed by atoms with Gasteiger partial charge >= 0.3 is 5.97 Å². The standard InChI is InChI=1S/C15H20O3/c1-4-8-18-13-6-7-14(12(5-2)10-13)11(3)9-15(16)17/h6-7,9-10H,4-5,8H2,1-3H3,(H,16,17)/b11-9+. The van der Waals surface area contributed by atoms with Crippen LogP contribution in [0.4, 0.5) is 0 Å². The van der Waals surface area contributed by atoms with Crippen molar-refractivity contribution in [2.45, 2.75) is 33.6 Å². The lowest BCUT2D eigenvalue weighted by Gasteiger charge is -2.11. The molecule has 1 aromatic rings. The third kappa shape index (κ3) is 3.91. The number of carbonyl (C=O) groups is 1. The number of aliphatic carboxylic acids is 1. The van der Waals surface area contributed by atoms with Crippen molar-refractivity contribution in [3.8, 4) is 5.75 Å². The van der Waals surface area contributed by atoms with Crippen LogP contribution in [-0.4, -0.2) is 17.7 Å². The van der Waals surface area contributed by atoms with E-state index in [9.17, 15) is 4.79 Å². The van der Waals surface area contributed by atoms with Gasteiger partial charge in [0, 0.05) is 6.08 Å². The zero-order chi connectivity index (χ0) is 13.5. The van der Waals surface area contributed by atoms with Gasteiger partial charge in [0.25, 0.3) is 0 Å². The molecular weight excluding hydrogens is 228 g/mol. The summed E-state index contributed by atoms with van der Waals surface area (Å²) in [5.41, 5.74) is 2.85. The lowest BCUT2D eigenvalue weighted by Crippen LogP contribution is -1.98. The van der Waals surface area contributed by atoms with E-state index in [-0.39, 0.29) is 0 Å². The number of carboxylic acid groups (broad SMARTS) is 1. The van der Waals surface area contributed by atoms with E-state index in [1.54, 1.807) is 0 Å². The molecule has 3 nitrogen and oxygen atoms in total. The van der Waals surface area contributed by atoms with Gasteiger partial charge in [-0.25, -0.2) is 4.79 Å². The van der Waals surface area contributed by atoms with Gasteiger partial charge in [-0.15, -0.1) is 0 Å². The van der Waals surface area contributed by atoms with E-state index in [1.165, 1.54) is 6.08 Å². The molecule has 0 bridgehead atoms. The molecule has 0 saturated heterocycles. The SMILES string of the molecule is CCCOc1ccc(/C(C)=C/C(=O)O)c(CC)c1. The Morgan fingerprint density at radius 3 is 2.67 bits per heavy atom. The molecule has 0 spiro atoms. The molecule has 3 heteroatoms. The molecule has 1 rings (SSSR count). The first-order chi connectivity index (χ1) is 8.58. The van der Waals surface area contributed by atoms with E-state index in [1.807, 2.05) is 25.1 Å². The van der Waals surface area contributed by atoms with Gasteiger partial charge in [-0.3, -0.25) is 0 Å². The van der Waals surface area contributed by atoms with Crippen LogP contribution in [0.2, 0.25) is 0 Å². The molecule has 0 aliphatic heterocycles. The average Bonchev–Trinajstić information content (AvgIpc) is 2.35. The van der Waals surface area contributed by atoms with Crippen molar-refractivity contribution in [1.82, 2.24) is 0 Å². The Morgan fingerprint density at radius 1 is 1.39 bits per heavy atom. The maximum atomic E-state index is 10.7. The fourth-order valence-electron chi connectivity index (χ4n) is 1.82. The number of allylic oxidation sites excluding steroid dienone is 1. The Bertz CT molecular complexity index is 447. The molecule has 0 aliphatic carbocycles. The highest BCUT2D eigenvalue weighted by Crippen LogP contribution is 2.24. The monoisotopic (exact) mass is 248 g/mol. The maximum absolute atomic E-state index is 10.7. The molecule has 1 aromatic carbocycles. The first-order valence-electron chi connectivity index (χ1n) is 6.25. The largest absolute Gasteiger partial charge is 0.494 e. The predicted octanol–water partition coefficient (Wildman–Crippen LogP) is 3.53. The van der Waals surface area contributed by atoms with Gasteiger partial charge in [0.05, 0.1) is 6.61 Å². The second kappa shape index (κ2) is 6.84. The molecule has 98 valence electrons. The van der Waals surface area contributed by atoms with Gasteiger partial charge < -0.3 is 9.84 Å². The predicted molar refractivity (Wildman–Crippen MR) is 72.9 cm³/mol. The highest BCUT2D eigenvalue weighted by Gasteiger charge is 2.06. The fourth-order valence-corrected chi connectivity index (χ4v) is 1.82. The van der Waals surface area contributed by atoms with Crippen LogP contribution in [0.15, 0.2) is 24.3 Å². The number of benzene rings is 1. The van der Waals surface area contributed by atoms with Crippen LogP contribution in [0.5, 0.6) is 5.75 Å². The summed E-state index contributed by atoms with van der Waals surface area (Å²) in [6, 6.07) is 5.81. The maximum Gasteiger partial charge on any atom is 0.328 e. The van der Waals surface area contributed by atoms with Gasteiger partial charge in [-0.1, -0.05) is 19.9 Å². The summed E-state index contributed by atoms with van der Waals surface area (Å²) in [4.78, 5) is 10.7. The van der Waals surface area contributed by atoms with Gasteiger partial charge in [-0.2, -0.15) is 0 Å². The molecule has 0 heterocycles. The third-order valence-electron chi connectivity index (χ3n) is 2.70. The first kappa shape index (κ1) is 14.3. The van der Waals surface area contributed by atoms with Gasteiger partial charge in [-0.05, 0) is 48.6 Å². The number of hydrogen-bond donors (Lipinski definition) is 1. The number of ether oxygens (including phenoxy) is 1. The Kier molecular flexibility index (Phi) is 5.43. The minimum Gasteiger partial charge on any atom is -0.494 e. The highest BCUT2D eigenvalue weighted by molar-refractivity contribution is 5.90. The summed E-state index contributed by atoms with van der Waals surface area (Å²) in [6.07, 6.45) is 3.06. The molecule has 0 fully saturated rings. The first-order valence-corrected chi connectivity index (χ1v) is 6.25.